The smallest absolute Gasteiger partial charge is 0.198 e. The van der Waals surface area contributed by atoms with E-state index in [-0.39, 0.29) is 29.3 Å². The molecule has 5 rings (SSSR count). The summed E-state index contributed by atoms with van der Waals surface area (Å²) in [6, 6.07) is 16.5. The third-order valence-corrected chi connectivity index (χ3v) is 6.96. The van der Waals surface area contributed by atoms with Crippen LogP contribution < -0.4 is 10.1 Å². The lowest BCUT2D eigenvalue weighted by Crippen LogP contribution is -2.35. The molecule has 1 aliphatic rings. The first-order chi connectivity index (χ1) is 17.9. The molecule has 0 radical (unpaired) electrons. The van der Waals surface area contributed by atoms with E-state index in [1.54, 1.807) is 18.2 Å². The van der Waals surface area contributed by atoms with Crippen molar-refractivity contribution < 1.29 is 27.4 Å². The van der Waals surface area contributed by atoms with Crippen molar-refractivity contribution in [1.82, 2.24) is 5.32 Å². The molecule has 1 fully saturated rings. The molecule has 0 bridgehead atoms. The highest BCUT2D eigenvalue weighted by Gasteiger charge is 2.22. The normalized spacial score (nSPS) is 15.3. The Labute approximate surface area is 224 Å². The van der Waals surface area contributed by atoms with Crippen LogP contribution in [-0.4, -0.2) is 24.3 Å². The molecular formula is C30H28ClF4NO2. The fourth-order valence-corrected chi connectivity index (χ4v) is 4.99. The molecule has 0 spiro atoms. The molecule has 1 unspecified atom stereocenters. The highest BCUT2D eigenvalue weighted by Crippen LogP contribution is 2.36. The van der Waals surface area contributed by atoms with Crippen LogP contribution >= 0.6 is 12.4 Å². The third-order valence-electron chi connectivity index (χ3n) is 6.96. The van der Waals surface area contributed by atoms with Crippen LogP contribution in [-0.2, 0) is 6.42 Å². The molecule has 0 saturated carbocycles. The Bertz CT molecular complexity index is 1420. The van der Waals surface area contributed by atoms with Gasteiger partial charge < -0.3 is 15.2 Å². The van der Waals surface area contributed by atoms with Gasteiger partial charge in [-0.2, -0.15) is 0 Å². The number of phenolic OH excluding ortho intramolecular Hbond substituents is 1. The van der Waals surface area contributed by atoms with Crippen LogP contribution in [0.1, 0.15) is 36.8 Å². The number of nitrogens with one attached hydrogen (secondary N) is 1. The number of fused-ring (bicyclic) bond motifs is 1. The summed E-state index contributed by atoms with van der Waals surface area (Å²) in [6.45, 7) is 1.66. The Hall–Kier alpha value is -3.29. The Morgan fingerprint density at radius 3 is 2.37 bits per heavy atom. The van der Waals surface area contributed by atoms with E-state index >= 15 is 0 Å². The molecule has 1 heterocycles. The standard InChI is InChI=1S/C30H27F4NO2.ClH/c31-27-17-26(28(32)30(34)29(27)33)24-10-6-19-16-21(36)7-11-23(19)25(24)15-18-4-8-22(9-5-18)37-14-12-20-3-1-2-13-35-20;/h4-11,16-17,20,35-36H,1-3,12-15H2;1H. The fraction of sp³-hybridized carbons (Fsp3) is 0.267. The van der Waals surface area contributed by atoms with Crippen LogP contribution in [0.25, 0.3) is 21.9 Å². The molecule has 38 heavy (non-hydrogen) atoms. The van der Waals surface area contributed by atoms with Crippen LogP contribution in [0, 0.1) is 23.3 Å². The zero-order chi connectivity index (χ0) is 25.9. The van der Waals surface area contributed by atoms with Crippen molar-refractivity contribution in [2.75, 3.05) is 13.2 Å². The number of benzene rings is 4. The second kappa shape index (κ2) is 12.0. The van der Waals surface area contributed by atoms with Crippen LogP contribution in [0.2, 0.25) is 0 Å². The first kappa shape index (κ1) is 27.7. The van der Waals surface area contributed by atoms with E-state index in [9.17, 15) is 22.7 Å². The topological polar surface area (TPSA) is 41.5 Å². The van der Waals surface area contributed by atoms with E-state index in [2.05, 4.69) is 5.32 Å². The Morgan fingerprint density at radius 2 is 1.63 bits per heavy atom. The van der Waals surface area contributed by atoms with Crippen molar-refractivity contribution >= 4 is 23.2 Å². The summed E-state index contributed by atoms with van der Waals surface area (Å²) in [6.07, 6.45) is 4.86. The Morgan fingerprint density at radius 1 is 0.842 bits per heavy atom. The lowest BCUT2D eigenvalue weighted by Gasteiger charge is -2.23. The molecule has 4 aromatic rings. The monoisotopic (exact) mass is 545 g/mol. The maximum absolute atomic E-state index is 14.8. The molecule has 3 nitrogen and oxygen atoms in total. The maximum Gasteiger partial charge on any atom is 0.198 e. The number of hydrogen-bond donors (Lipinski definition) is 2. The van der Waals surface area contributed by atoms with Crippen LogP contribution in [0.4, 0.5) is 17.6 Å². The van der Waals surface area contributed by atoms with E-state index in [0.29, 0.717) is 41.5 Å². The molecule has 0 amide bonds. The molecule has 1 aliphatic heterocycles. The number of aromatic hydroxyl groups is 1. The van der Waals surface area contributed by atoms with Crippen molar-refractivity contribution in [3.8, 4) is 22.6 Å². The molecule has 200 valence electrons. The highest BCUT2D eigenvalue weighted by molar-refractivity contribution is 5.93. The second-order valence-electron chi connectivity index (χ2n) is 9.45. The summed E-state index contributed by atoms with van der Waals surface area (Å²) in [7, 11) is 0. The lowest BCUT2D eigenvalue weighted by molar-refractivity contribution is 0.268. The number of ether oxygens (including phenoxy) is 1. The average Bonchev–Trinajstić information content (AvgIpc) is 2.91. The number of piperidine rings is 1. The van der Waals surface area contributed by atoms with Crippen molar-refractivity contribution in [3.63, 3.8) is 0 Å². The summed E-state index contributed by atoms with van der Waals surface area (Å²) in [5, 5.41) is 14.8. The summed E-state index contributed by atoms with van der Waals surface area (Å²) < 4.78 is 62.5. The summed E-state index contributed by atoms with van der Waals surface area (Å²) >= 11 is 0. The second-order valence-corrected chi connectivity index (χ2v) is 9.45. The van der Waals surface area contributed by atoms with E-state index in [0.717, 1.165) is 30.7 Å². The quantitative estimate of drug-likeness (QED) is 0.142. The minimum absolute atomic E-state index is 0. The van der Waals surface area contributed by atoms with Crippen LogP contribution in [0.15, 0.2) is 60.7 Å². The van der Waals surface area contributed by atoms with Crippen molar-refractivity contribution in [3.05, 3.63) is 95.1 Å². The fourth-order valence-electron chi connectivity index (χ4n) is 4.99. The van der Waals surface area contributed by atoms with Crippen molar-refractivity contribution in [1.29, 1.82) is 0 Å². The van der Waals surface area contributed by atoms with Crippen LogP contribution in [0.5, 0.6) is 11.5 Å². The summed E-state index contributed by atoms with van der Waals surface area (Å²) in [5.41, 5.74) is 1.34. The molecular weight excluding hydrogens is 518 g/mol. The number of halogens is 5. The summed E-state index contributed by atoms with van der Waals surface area (Å²) in [4.78, 5) is 0. The van der Waals surface area contributed by atoms with Gasteiger partial charge in [-0.15, -0.1) is 12.4 Å². The minimum atomic E-state index is -1.85. The summed E-state index contributed by atoms with van der Waals surface area (Å²) in [5.74, 6) is -5.82. The molecule has 0 aromatic heterocycles. The van der Waals surface area contributed by atoms with Gasteiger partial charge in [0.2, 0.25) is 0 Å². The average molecular weight is 546 g/mol. The predicted octanol–water partition coefficient (Wildman–Crippen LogP) is 7.69. The van der Waals surface area contributed by atoms with Gasteiger partial charge in [-0.1, -0.05) is 36.8 Å². The molecule has 2 N–H and O–H groups in total. The van der Waals surface area contributed by atoms with Gasteiger partial charge in [0.15, 0.2) is 23.3 Å². The molecule has 0 aliphatic carbocycles. The van der Waals surface area contributed by atoms with Gasteiger partial charge in [0.1, 0.15) is 11.5 Å². The van der Waals surface area contributed by atoms with Gasteiger partial charge in [0.25, 0.3) is 0 Å². The number of rotatable bonds is 7. The first-order valence-electron chi connectivity index (χ1n) is 12.4. The maximum atomic E-state index is 14.8. The molecule has 1 atom stereocenters. The van der Waals surface area contributed by atoms with Crippen molar-refractivity contribution in [2.24, 2.45) is 0 Å². The predicted molar refractivity (Wildman–Crippen MR) is 143 cm³/mol. The Kier molecular flexibility index (Phi) is 8.80. The van der Waals surface area contributed by atoms with Gasteiger partial charge >= 0.3 is 0 Å². The third kappa shape index (κ3) is 5.89. The van der Waals surface area contributed by atoms with Gasteiger partial charge in [-0.05, 0) is 90.0 Å². The van der Waals surface area contributed by atoms with E-state index in [1.165, 1.54) is 25.0 Å². The Balaban J connectivity index is 0.00000336. The minimum Gasteiger partial charge on any atom is -0.508 e. The number of phenols is 1. The van der Waals surface area contributed by atoms with E-state index in [1.807, 2.05) is 24.3 Å². The largest absolute Gasteiger partial charge is 0.508 e. The van der Waals surface area contributed by atoms with Gasteiger partial charge in [-0.25, -0.2) is 17.6 Å². The number of hydrogen-bond acceptors (Lipinski definition) is 3. The zero-order valence-corrected chi connectivity index (χ0v) is 21.4. The zero-order valence-electron chi connectivity index (χ0n) is 20.6. The molecule has 4 aromatic carbocycles. The lowest BCUT2D eigenvalue weighted by atomic mass is 9.89. The van der Waals surface area contributed by atoms with Gasteiger partial charge in [0.05, 0.1) is 6.61 Å². The highest BCUT2D eigenvalue weighted by atomic mass is 35.5. The van der Waals surface area contributed by atoms with E-state index < -0.39 is 23.3 Å². The SMILES string of the molecule is Cl.Oc1ccc2c(Cc3ccc(OCCC4CCCCN4)cc3)c(-c3cc(F)c(F)c(F)c3F)ccc2c1. The van der Waals surface area contributed by atoms with Crippen molar-refractivity contribution in [2.45, 2.75) is 38.1 Å². The molecule has 1 saturated heterocycles. The molecule has 8 heteroatoms. The van der Waals surface area contributed by atoms with Crippen LogP contribution in [0.3, 0.4) is 0 Å². The first-order valence-corrected chi connectivity index (χ1v) is 12.4. The van der Waals surface area contributed by atoms with E-state index in [4.69, 9.17) is 4.74 Å². The van der Waals surface area contributed by atoms with Gasteiger partial charge in [0, 0.05) is 11.6 Å². The van der Waals surface area contributed by atoms with Gasteiger partial charge in [-0.3, -0.25) is 0 Å².